The summed E-state index contributed by atoms with van der Waals surface area (Å²) >= 11 is 0. The molecular formula is C9H8NO. The van der Waals surface area contributed by atoms with Gasteiger partial charge >= 0.3 is 0 Å². The van der Waals surface area contributed by atoms with Gasteiger partial charge in [0.15, 0.2) is 0 Å². The van der Waals surface area contributed by atoms with Crippen LogP contribution >= 0.6 is 0 Å². The van der Waals surface area contributed by atoms with Gasteiger partial charge in [-0.1, -0.05) is 12.1 Å². The number of hydrogen-bond donors (Lipinski definition) is 2. The predicted octanol–water partition coefficient (Wildman–Crippen LogP) is 2.06. The van der Waals surface area contributed by atoms with Crippen molar-refractivity contribution in [3.63, 3.8) is 0 Å². The third-order valence-electron chi connectivity index (χ3n) is 1.78. The van der Waals surface area contributed by atoms with Crippen LogP contribution in [0.25, 0.3) is 10.9 Å². The van der Waals surface area contributed by atoms with Gasteiger partial charge in [-0.3, -0.25) is 0 Å². The molecule has 2 rings (SSSR count). The van der Waals surface area contributed by atoms with Gasteiger partial charge in [0.1, 0.15) is 5.75 Å². The van der Waals surface area contributed by atoms with Crippen LogP contribution in [0.2, 0.25) is 0 Å². The SMILES string of the molecule is [CH2]c1c[nH]c2c(O)cccc12. The van der Waals surface area contributed by atoms with Crippen LogP contribution in [0.15, 0.2) is 24.4 Å². The van der Waals surface area contributed by atoms with E-state index in [1.165, 1.54) is 0 Å². The monoisotopic (exact) mass is 146 g/mol. The van der Waals surface area contributed by atoms with Gasteiger partial charge in [-0.15, -0.1) is 0 Å². The molecule has 1 aromatic carbocycles. The van der Waals surface area contributed by atoms with Gasteiger partial charge < -0.3 is 10.1 Å². The maximum atomic E-state index is 9.33. The van der Waals surface area contributed by atoms with Crippen molar-refractivity contribution in [2.75, 3.05) is 0 Å². The summed E-state index contributed by atoms with van der Waals surface area (Å²) in [5.41, 5.74) is 1.67. The summed E-state index contributed by atoms with van der Waals surface area (Å²) in [5.74, 6) is 0.275. The van der Waals surface area contributed by atoms with E-state index >= 15 is 0 Å². The summed E-state index contributed by atoms with van der Waals surface area (Å²) in [6.45, 7) is 3.81. The lowest BCUT2D eigenvalue weighted by atomic mass is 10.2. The predicted molar refractivity (Wildman–Crippen MR) is 44.4 cm³/mol. The van der Waals surface area contributed by atoms with E-state index in [0.29, 0.717) is 0 Å². The summed E-state index contributed by atoms with van der Waals surface area (Å²) in [6.07, 6.45) is 1.78. The van der Waals surface area contributed by atoms with E-state index < -0.39 is 0 Å². The van der Waals surface area contributed by atoms with Crippen molar-refractivity contribution < 1.29 is 5.11 Å². The van der Waals surface area contributed by atoms with Crippen molar-refractivity contribution >= 4 is 10.9 Å². The average Bonchev–Trinajstić information content (AvgIpc) is 2.35. The number of phenolic OH excluding ortho intramolecular Hbond substituents is 1. The summed E-state index contributed by atoms with van der Waals surface area (Å²) in [5, 5.41) is 10.3. The molecule has 0 unspecified atom stereocenters. The molecule has 11 heavy (non-hydrogen) atoms. The maximum absolute atomic E-state index is 9.33. The van der Waals surface area contributed by atoms with Crippen LogP contribution in [0.5, 0.6) is 5.75 Å². The Bertz CT molecular complexity index is 389. The number of H-pyrrole nitrogens is 1. The molecule has 55 valence electrons. The molecule has 0 spiro atoms. The largest absolute Gasteiger partial charge is 0.506 e. The van der Waals surface area contributed by atoms with Crippen LogP contribution in [0.1, 0.15) is 5.56 Å². The van der Waals surface area contributed by atoms with E-state index in [9.17, 15) is 5.11 Å². The Morgan fingerprint density at radius 3 is 2.91 bits per heavy atom. The summed E-state index contributed by atoms with van der Waals surface area (Å²) in [4.78, 5) is 2.94. The number of aromatic nitrogens is 1. The summed E-state index contributed by atoms with van der Waals surface area (Å²) in [7, 11) is 0. The topological polar surface area (TPSA) is 36.0 Å². The maximum Gasteiger partial charge on any atom is 0.139 e. The Hall–Kier alpha value is -1.44. The number of rotatable bonds is 0. The number of fused-ring (bicyclic) bond motifs is 1. The van der Waals surface area contributed by atoms with Crippen LogP contribution in [0, 0.1) is 6.92 Å². The molecule has 0 saturated heterocycles. The zero-order chi connectivity index (χ0) is 7.84. The lowest BCUT2D eigenvalue weighted by molar-refractivity contribution is 0.480. The molecule has 0 bridgehead atoms. The van der Waals surface area contributed by atoms with Gasteiger partial charge in [-0.2, -0.15) is 0 Å². The molecule has 0 saturated carbocycles. The minimum atomic E-state index is 0.275. The molecule has 0 aliphatic heterocycles. The Morgan fingerprint density at radius 2 is 2.18 bits per heavy atom. The highest BCUT2D eigenvalue weighted by Crippen LogP contribution is 2.24. The fraction of sp³-hybridized carbons (Fsp3) is 0. The molecule has 1 aromatic heterocycles. The molecule has 0 amide bonds. The third-order valence-corrected chi connectivity index (χ3v) is 1.78. The van der Waals surface area contributed by atoms with Crippen molar-refractivity contribution in [1.29, 1.82) is 0 Å². The molecule has 2 N–H and O–H groups in total. The third kappa shape index (κ3) is 0.792. The first kappa shape index (κ1) is 6.28. The number of nitrogens with one attached hydrogen (secondary N) is 1. The lowest BCUT2D eigenvalue weighted by Gasteiger charge is -1.93. The van der Waals surface area contributed by atoms with Gasteiger partial charge in [0.2, 0.25) is 0 Å². The van der Waals surface area contributed by atoms with Gasteiger partial charge in [0, 0.05) is 11.6 Å². The molecule has 0 aliphatic rings. The van der Waals surface area contributed by atoms with Gasteiger partial charge in [-0.05, 0) is 18.6 Å². The Morgan fingerprint density at radius 1 is 1.36 bits per heavy atom. The molecular weight excluding hydrogens is 138 g/mol. The van der Waals surface area contributed by atoms with Crippen LogP contribution in [-0.4, -0.2) is 10.1 Å². The van der Waals surface area contributed by atoms with Crippen molar-refractivity contribution in [3.05, 3.63) is 36.9 Å². The van der Waals surface area contributed by atoms with E-state index in [0.717, 1.165) is 16.5 Å². The van der Waals surface area contributed by atoms with E-state index in [1.807, 2.05) is 6.07 Å². The lowest BCUT2D eigenvalue weighted by Crippen LogP contribution is -1.69. The van der Waals surface area contributed by atoms with Crippen molar-refractivity contribution in [1.82, 2.24) is 4.98 Å². The first-order chi connectivity index (χ1) is 5.29. The van der Waals surface area contributed by atoms with Crippen molar-refractivity contribution in [2.24, 2.45) is 0 Å². The first-order valence-corrected chi connectivity index (χ1v) is 3.40. The quantitative estimate of drug-likeness (QED) is 0.586. The molecule has 2 nitrogen and oxygen atoms in total. The summed E-state index contributed by atoms with van der Waals surface area (Å²) in [6, 6.07) is 5.38. The van der Waals surface area contributed by atoms with Crippen LogP contribution in [0.4, 0.5) is 0 Å². The first-order valence-electron chi connectivity index (χ1n) is 3.40. The van der Waals surface area contributed by atoms with Gasteiger partial charge in [0.05, 0.1) is 5.52 Å². The minimum absolute atomic E-state index is 0.275. The number of para-hydroxylation sites is 1. The van der Waals surface area contributed by atoms with E-state index in [4.69, 9.17) is 0 Å². The van der Waals surface area contributed by atoms with Gasteiger partial charge in [0.25, 0.3) is 0 Å². The van der Waals surface area contributed by atoms with Crippen molar-refractivity contribution in [2.45, 2.75) is 0 Å². The second kappa shape index (κ2) is 2.02. The average molecular weight is 146 g/mol. The molecule has 2 aromatic rings. The summed E-state index contributed by atoms with van der Waals surface area (Å²) < 4.78 is 0. The molecule has 0 atom stereocenters. The normalized spacial score (nSPS) is 10.6. The standard InChI is InChI=1S/C9H8NO/c1-6-5-10-9-7(6)3-2-4-8(9)11/h2-5,10-11H,1H2. The molecule has 1 heterocycles. The Kier molecular flexibility index (Phi) is 1.15. The zero-order valence-electron chi connectivity index (χ0n) is 5.96. The second-order valence-corrected chi connectivity index (χ2v) is 2.51. The van der Waals surface area contributed by atoms with E-state index in [1.54, 1.807) is 18.3 Å². The number of phenols is 1. The van der Waals surface area contributed by atoms with Crippen LogP contribution in [-0.2, 0) is 0 Å². The highest BCUT2D eigenvalue weighted by molar-refractivity contribution is 5.88. The Balaban J connectivity index is 2.94. The molecule has 0 aliphatic carbocycles. The van der Waals surface area contributed by atoms with Crippen LogP contribution in [0.3, 0.4) is 0 Å². The number of benzene rings is 1. The Labute approximate surface area is 64.5 Å². The number of aromatic hydroxyl groups is 1. The fourth-order valence-corrected chi connectivity index (χ4v) is 1.20. The minimum Gasteiger partial charge on any atom is -0.506 e. The highest BCUT2D eigenvalue weighted by Gasteiger charge is 2.01. The zero-order valence-corrected chi connectivity index (χ0v) is 5.96. The van der Waals surface area contributed by atoms with E-state index in [2.05, 4.69) is 11.9 Å². The molecule has 1 radical (unpaired) electrons. The second-order valence-electron chi connectivity index (χ2n) is 2.51. The van der Waals surface area contributed by atoms with Crippen LogP contribution < -0.4 is 0 Å². The highest BCUT2D eigenvalue weighted by atomic mass is 16.3. The molecule has 0 fully saturated rings. The number of aromatic amines is 1. The van der Waals surface area contributed by atoms with Gasteiger partial charge in [-0.25, -0.2) is 0 Å². The van der Waals surface area contributed by atoms with E-state index in [-0.39, 0.29) is 5.75 Å². The number of hydrogen-bond acceptors (Lipinski definition) is 1. The fourth-order valence-electron chi connectivity index (χ4n) is 1.20. The van der Waals surface area contributed by atoms with Crippen molar-refractivity contribution in [3.8, 4) is 5.75 Å². The molecule has 2 heteroatoms. The smallest absolute Gasteiger partial charge is 0.139 e.